The molecule has 0 bridgehead atoms. The van der Waals surface area contributed by atoms with E-state index >= 15 is 0 Å². The van der Waals surface area contributed by atoms with Crippen molar-refractivity contribution in [3.8, 4) is 0 Å². The minimum Gasteiger partial charge on any atom is -0.478 e. The Labute approximate surface area is 126 Å². The molecule has 0 radical (unpaired) electrons. The number of nitrogens with zero attached hydrogens (tertiary/aromatic N) is 2. The van der Waals surface area contributed by atoms with Crippen LogP contribution in [0.25, 0.3) is 12.2 Å². The maximum atomic E-state index is 11.2. The summed E-state index contributed by atoms with van der Waals surface area (Å²) in [4.78, 5) is 25.1. The molecule has 0 aliphatic carbocycles. The third kappa shape index (κ3) is 3.35. The van der Waals surface area contributed by atoms with Crippen molar-refractivity contribution in [2.24, 2.45) is 0 Å². The number of benzene rings is 1. The molecule has 6 heteroatoms. The molecule has 2 aromatic rings. The Kier molecular flexibility index (Phi) is 4.31. The van der Waals surface area contributed by atoms with Gasteiger partial charge >= 0.3 is 5.97 Å². The summed E-state index contributed by atoms with van der Waals surface area (Å²) in [5.41, 5.74) is 2.82. The van der Waals surface area contributed by atoms with Crippen LogP contribution in [0.4, 0.5) is 5.69 Å². The number of carbonyl (C=O) groups is 1. The van der Waals surface area contributed by atoms with Gasteiger partial charge in [-0.1, -0.05) is 24.3 Å². The van der Waals surface area contributed by atoms with Crippen LogP contribution < -0.4 is 0 Å². The Morgan fingerprint density at radius 3 is 2.55 bits per heavy atom. The van der Waals surface area contributed by atoms with Gasteiger partial charge in [-0.25, -0.2) is 9.78 Å². The van der Waals surface area contributed by atoms with Gasteiger partial charge in [0.25, 0.3) is 5.69 Å². The van der Waals surface area contributed by atoms with Crippen LogP contribution in [0.1, 0.15) is 32.7 Å². The number of nitro groups is 1. The van der Waals surface area contributed by atoms with Crippen molar-refractivity contribution in [1.29, 1.82) is 0 Å². The van der Waals surface area contributed by atoms with Crippen molar-refractivity contribution < 1.29 is 14.8 Å². The fourth-order valence-corrected chi connectivity index (χ4v) is 1.91. The molecular weight excluding hydrogens is 284 g/mol. The van der Waals surface area contributed by atoms with Crippen LogP contribution in [0, 0.1) is 24.0 Å². The molecule has 22 heavy (non-hydrogen) atoms. The van der Waals surface area contributed by atoms with Crippen molar-refractivity contribution in [1.82, 2.24) is 4.98 Å². The molecular formula is C16H14N2O4. The van der Waals surface area contributed by atoms with Gasteiger partial charge in [0.1, 0.15) is 6.20 Å². The molecule has 0 aliphatic heterocycles. The maximum Gasteiger partial charge on any atom is 0.338 e. The average Bonchev–Trinajstić information content (AvgIpc) is 2.48. The zero-order chi connectivity index (χ0) is 16.3. The average molecular weight is 298 g/mol. The number of rotatable bonds is 4. The first-order valence-electron chi connectivity index (χ1n) is 6.51. The van der Waals surface area contributed by atoms with Gasteiger partial charge in [-0.05, 0) is 36.6 Å². The van der Waals surface area contributed by atoms with Crippen molar-refractivity contribution in [3.05, 3.63) is 68.5 Å². The largest absolute Gasteiger partial charge is 0.478 e. The molecule has 112 valence electrons. The number of hydrogen-bond donors (Lipinski definition) is 1. The lowest BCUT2D eigenvalue weighted by atomic mass is 10.1. The standard InChI is InChI=1S/C16H14N2O4/c1-10-3-4-12(7-11(10)2)5-6-15-14(16(19)20)8-13(9-17-15)18(21)22/h3-9H,1-2H3,(H,19,20). The van der Waals surface area contributed by atoms with E-state index in [0.29, 0.717) is 0 Å². The van der Waals surface area contributed by atoms with Crippen LogP contribution in [0.15, 0.2) is 30.5 Å². The van der Waals surface area contributed by atoms with Crippen LogP contribution in [0.2, 0.25) is 0 Å². The molecule has 6 nitrogen and oxygen atoms in total. The number of aryl methyl sites for hydroxylation is 2. The quantitative estimate of drug-likeness (QED) is 0.689. The predicted octanol–water partition coefficient (Wildman–Crippen LogP) is 3.48. The highest BCUT2D eigenvalue weighted by molar-refractivity contribution is 5.93. The van der Waals surface area contributed by atoms with E-state index in [-0.39, 0.29) is 16.9 Å². The monoisotopic (exact) mass is 298 g/mol. The van der Waals surface area contributed by atoms with E-state index in [0.717, 1.165) is 29.0 Å². The second-order valence-electron chi connectivity index (χ2n) is 4.87. The lowest BCUT2D eigenvalue weighted by Gasteiger charge is -2.02. The lowest BCUT2D eigenvalue weighted by Crippen LogP contribution is -2.03. The van der Waals surface area contributed by atoms with Crippen LogP contribution in [0.5, 0.6) is 0 Å². The van der Waals surface area contributed by atoms with E-state index in [2.05, 4.69) is 4.98 Å². The Balaban J connectivity index is 2.39. The number of pyridine rings is 1. The highest BCUT2D eigenvalue weighted by atomic mass is 16.6. The van der Waals surface area contributed by atoms with Crippen molar-refractivity contribution >= 4 is 23.8 Å². The highest BCUT2D eigenvalue weighted by Crippen LogP contribution is 2.18. The van der Waals surface area contributed by atoms with Crippen LogP contribution in [0.3, 0.4) is 0 Å². The first kappa shape index (κ1) is 15.4. The Morgan fingerprint density at radius 2 is 1.95 bits per heavy atom. The number of carboxylic acid groups (broad SMARTS) is 1. The number of hydrogen-bond acceptors (Lipinski definition) is 4. The van der Waals surface area contributed by atoms with Gasteiger partial charge in [0.2, 0.25) is 0 Å². The van der Waals surface area contributed by atoms with Crippen LogP contribution in [-0.4, -0.2) is 21.0 Å². The van der Waals surface area contributed by atoms with Gasteiger partial charge in [0.15, 0.2) is 0 Å². The molecule has 0 atom stereocenters. The summed E-state index contributed by atoms with van der Waals surface area (Å²) in [5, 5.41) is 19.8. The summed E-state index contributed by atoms with van der Waals surface area (Å²) in [6.45, 7) is 3.99. The van der Waals surface area contributed by atoms with Crippen molar-refractivity contribution in [2.45, 2.75) is 13.8 Å². The fourth-order valence-electron chi connectivity index (χ4n) is 1.91. The summed E-state index contributed by atoms with van der Waals surface area (Å²) in [6.07, 6.45) is 4.32. The third-order valence-corrected chi connectivity index (χ3v) is 3.31. The molecule has 1 aromatic carbocycles. The zero-order valence-corrected chi connectivity index (χ0v) is 12.1. The minimum atomic E-state index is -1.25. The van der Waals surface area contributed by atoms with Gasteiger partial charge in [0.05, 0.1) is 16.2 Å². The van der Waals surface area contributed by atoms with Crippen molar-refractivity contribution in [3.63, 3.8) is 0 Å². The van der Waals surface area contributed by atoms with E-state index in [4.69, 9.17) is 5.11 Å². The smallest absolute Gasteiger partial charge is 0.338 e. The Morgan fingerprint density at radius 1 is 1.23 bits per heavy atom. The second kappa shape index (κ2) is 6.17. The zero-order valence-electron chi connectivity index (χ0n) is 12.1. The molecule has 0 spiro atoms. The molecule has 1 heterocycles. The minimum absolute atomic E-state index is 0.177. The fraction of sp³-hybridized carbons (Fsp3) is 0.125. The molecule has 0 saturated carbocycles. The lowest BCUT2D eigenvalue weighted by molar-refractivity contribution is -0.385. The Hall–Kier alpha value is -3.02. The number of aromatic carboxylic acids is 1. The third-order valence-electron chi connectivity index (χ3n) is 3.31. The summed E-state index contributed by atoms with van der Waals surface area (Å²) in [7, 11) is 0. The van der Waals surface area contributed by atoms with Crippen LogP contribution in [-0.2, 0) is 0 Å². The van der Waals surface area contributed by atoms with Crippen LogP contribution >= 0.6 is 0 Å². The van der Waals surface area contributed by atoms with E-state index in [1.165, 1.54) is 6.08 Å². The summed E-state index contributed by atoms with van der Waals surface area (Å²) in [5.74, 6) is -1.25. The maximum absolute atomic E-state index is 11.2. The van der Waals surface area contributed by atoms with Gasteiger partial charge in [-0.2, -0.15) is 0 Å². The predicted molar refractivity (Wildman–Crippen MR) is 82.7 cm³/mol. The SMILES string of the molecule is Cc1ccc(C=Cc2ncc([N+](=O)[O-])cc2C(=O)O)cc1C. The first-order valence-corrected chi connectivity index (χ1v) is 6.51. The normalized spacial score (nSPS) is 10.8. The van der Waals surface area contributed by atoms with E-state index < -0.39 is 10.9 Å². The van der Waals surface area contributed by atoms with Gasteiger partial charge in [-0.15, -0.1) is 0 Å². The highest BCUT2D eigenvalue weighted by Gasteiger charge is 2.15. The topological polar surface area (TPSA) is 93.3 Å². The summed E-state index contributed by atoms with van der Waals surface area (Å²) in [6, 6.07) is 6.86. The number of carboxylic acids is 1. The Bertz CT molecular complexity index is 782. The molecule has 2 rings (SSSR count). The molecule has 0 aliphatic rings. The molecule has 0 unspecified atom stereocenters. The molecule has 0 fully saturated rings. The molecule has 1 aromatic heterocycles. The molecule has 1 N–H and O–H groups in total. The van der Waals surface area contributed by atoms with Gasteiger partial charge in [-0.3, -0.25) is 10.1 Å². The first-order chi connectivity index (χ1) is 10.4. The van der Waals surface area contributed by atoms with Gasteiger partial charge < -0.3 is 5.11 Å². The number of aromatic nitrogens is 1. The van der Waals surface area contributed by atoms with Gasteiger partial charge in [0, 0.05) is 6.07 Å². The second-order valence-corrected chi connectivity index (χ2v) is 4.87. The van der Waals surface area contributed by atoms with Crippen molar-refractivity contribution in [2.75, 3.05) is 0 Å². The molecule has 0 amide bonds. The van der Waals surface area contributed by atoms with E-state index in [9.17, 15) is 14.9 Å². The summed E-state index contributed by atoms with van der Waals surface area (Å²) < 4.78 is 0. The van der Waals surface area contributed by atoms with E-state index in [1.54, 1.807) is 6.08 Å². The molecule has 0 saturated heterocycles. The summed E-state index contributed by atoms with van der Waals surface area (Å²) >= 11 is 0. The van der Waals surface area contributed by atoms with E-state index in [1.807, 2.05) is 32.0 Å².